The second-order valence-corrected chi connectivity index (χ2v) is 8.54. The van der Waals surface area contributed by atoms with Crippen molar-refractivity contribution in [3.05, 3.63) is 12.1 Å². The van der Waals surface area contributed by atoms with E-state index in [9.17, 15) is 0 Å². The van der Waals surface area contributed by atoms with E-state index in [1.165, 1.54) is 0 Å². The van der Waals surface area contributed by atoms with Gasteiger partial charge in [-0.2, -0.15) is 0 Å². The van der Waals surface area contributed by atoms with E-state index in [4.69, 9.17) is 18.9 Å². The second-order valence-electron chi connectivity index (χ2n) is 8.54. The fraction of sp³-hybridized carbons (Fsp3) is 0.727. The largest absolute Gasteiger partial charge is 0.489 e. The molecule has 150 valence electrons. The normalized spacial score (nSPS) is 11.5. The molecule has 26 heavy (non-hydrogen) atoms. The van der Waals surface area contributed by atoms with Crippen LogP contribution in [0.2, 0.25) is 0 Å². The second kappa shape index (κ2) is 11.2. The SMILES string of the molecule is CC(C)COc1ccc(OCC(C)C)c(OCC(C)C)c1OCC(C)C. The van der Waals surface area contributed by atoms with Gasteiger partial charge in [0.15, 0.2) is 11.5 Å². The first-order valence-corrected chi connectivity index (χ1v) is 9.88. The van der Waals surface area contributed by atoms with Crippen LogP contribution < -0.4 is 18.9 Å². The smallest absolute Gasteiger partial charge is 0.207 e. The summed E-state index contributed by atoms with van der Waals surface area (Å²) in [4.78, 5) is 0. The number of benzene rings is 1. The highest BCUT2D eigenvalue weighted by molar-refractivity contribution is 5.59. The molecule has 0 heterocycles. The van der Waals surface area contributed by atoms with Crippen molar-refractivity contribution in [1.82, 2.24) is 0 Å². The summed E-state index contributed by atoms with van der Waals surface area (Å²) >= 11 is 0. The Labute approximate surface area is 160 Å². The molecule has 0 aliphatic rings. The van der Waals surface area contributed by atoms with Crippen molar-refractivity contribution in [3.63, 3.8) is 0 Å². The highest BCUT2D eigenvalue weighted by Crippen LogP contribution is 2.45. The van der Waals surface area contributed by atoms with Gasteiger partial charge < -0.3 is 18.9 Å². The van der Waals surface area contributed by atoms with Crippen LogP contribution in [0.4, 0.5) is 0 Å². The van der Waals surface area contributed by atoms with E-state index in [-0.39, 0.29) is 0 Å². The molecule has 0 saturated heterocycles. The molecule has 0 spiro atoms. The number of hydrogen-bond donors (Lipinski definition) is 0. The van der Waals surface area contributed by atoms with Gasteiger partial charge in [0, 0.05) is 0 Å². The monoisotopic (exact) mass is 366 g/mol. The molecule has 0 fully saturated rings. The quantitative estimate of drug-likeness (QED) is 0.467. The summed E-state index contributed by atoms with van der Waals surface area (Å²) in [7, 11) is 0. The van der Waals surface area contributed by atoms with Crippen LogP contribution in [0.3, 0.4) is 0 Å². The van der Waals surface area contributed by atoms with Crippen LogP contribution >= 0.6 is 0 Å². The van der Waals surface area contributed by atoms with E-state index in [1.807, 2.05) is 12.1 Å². The summed E-state index contributed by atoms with van der Waals surface area (Å²) in [5.41, 5.74) is 0. The Kier molecular flexibility index (Phi) is 9.68. The van der Waals surface area contributed by atoms with Crippen molar-refractivity contribution in [3.8, 4) is 23.0 Å². The van der Waals surface area contributed by atoms with Gasteiger partial charge in [-0.3, -0.25) is 0 Å². The van der Waals surface area contributed by atoms with Crippen LogP contribution in [0, 0.1) is 23.7 Å². The van der Waals surface area contributed by atoms with Gasteiger partial charge in [-0.15, -0.1) is 0 Å². The fourth-order valence-corrected chi connectivity index (χ4v) is 2.04. The number of rotatable bonds is 12. The van der Waals surface area contributed by atoms with E-state index in [2.05, 4.69) is 55.4 Å². The van der Waals surface area contributed by atoms with E-state index >= 15 is 0 Å². The molecule has 1 aromatic carbocycles. The zero-order valence-electron chi connectivity index (χ0n) is 17.9. The van der Waals surface area contributed by atoms with Crippen LogP contribution in [0.1, 0.15) is 55.4 Å². The minimum atomic E-state index is 0.408. The fourth-order valence-electron chi connectivity index (χ4n) is 2.04. The topological polar surface area (TPSA) is 36.9 Å². The Morgan fingerprint density at radius 1 is 0.500 bits per heavy atom. The third-order valence-corrected chi connectivity index (χ3v) is 3.31. The highest BCUT2D eigenvalue weighted by atomic mass is 16.6. The third kappa shape index (κ3) is 8.20. The van der Waals surface area contributed by atoms with Gasteiger partial charge in [0.25, 0.3) is 0 Å². The zero-order valence-corrected chi connectivity index (χ0v) is 17.9. The van der Waals surface area contributed by atoms with Gasteiger partial charge in [0.2, 0.25) is 11.5 Å². The Hall–Kier alpha value is -1.58. The standard InChI is InChI=1S/C22H38O4/c1-15(2)11-23-19-9-10-20(24-12-16(3)4)22(26-14-18(7)8)21(19)25-13-17(5)6/h9-10,15-18H,11-14H2,1-8H3. The molecular weight excluding hydrogens is 328 g/mol. The van der Waals surface area contributed by atoms with Gasteiger partial charge in [-0.25, -0.2) is 0 Å². The number of hydrogen-bond acceptors (Lipinski definition) is 4. The molecule has 0 saturated carbocycles. The first-order valence-electron chi connectivity index (χ1n) is 9.88. The Balaban J connectivity index is 3.21. The van der Waals surface area contributed by atoms with Crippen molar-refractivity contribution in [1.29, 1.82) is 0 Å². The molecule has 4 heteroatoms. The molecule has 1 aromatic rings. The Morgan fingerprint density at radius 2 is 0.769 bits per heavy atom. The van der Waals surface area contributed by atoms with Crippen molar-refractivity contribution in [2.45, 2.75) is 55.4 Å². The van der Waals surface area contributed by atoms with Crippen LogP contribution in [0.15, 0.2) is 12.1 Å². The molecule has 0 aliphatic heterocycles. The van der Waals surface area contributed by atoms with Crippen LogP contribution in [0.5, 0.6) is 23.0 Å². The summed E-state index contributed by atoms with van der Waals surface area (Å²) in [5.74, 6) is 4.43. The summed E-state index contributed by atoms with van der Waals surface area (Å²) in [6, 6.07) is 3.85. The number of ether oxygens (including phenoxy) is 4. The van der Waals surface area contributed by atoms with Gasteiger partial charge in [0.05, 0.1) is 26.4 Å². The van der Waals surface area contributed by atoms with Gasteiger partial charge in [-0.1, -0.05) is 55.4 Å². The zero-order chi connectivity index (χ0) is 19.7. The molecular formula is C22H38O4. The lowest BCUT2D eigenvalue weighted by molar-refractivity contribution is 0.193. The summed E-state index contributed by atoms with van der Waals surface area (Å²) in [5, 5.41) is 0. The van der Waals surface area contributed by atoms with E-state index in [0.29, 0.717) is 61.6 Å². The van der Waals surface area contributed by atoms with Crippen molar-refractivity contribution >= 4 is 0 Å². The first kappa shape index (κ1) is 22.5. The average molecular weight is 367 g/mol. The Morgan fingerprint density at radius 3 is 1.04 bits per heavy atom. The molecule has 4 nitrogen and oxygen atoms in total. The lowest BCUT2D eigenvalue weighted by Gasteiger charge is -2.22. The first-order chi connectivity index (χ1) is 12.2. The lowest BCUT2D eigenvalue weighted by Crippen LogP contribution is -2.13. The summed E-state index contributed by atoms with van der Waals surface area (Å²) < 4.78 is 24.2. The molecule has 1 rings (SSSR count). The van der Waals surface area contributed by atoms with Gasteiger partial charge in [0.1, 0.15) is 0 Å². The van der Waals surface area contributed by atoms with Crippen molar-refractivity contribution < 1.29 is 18.9 Å². The maximum atomic E-state index is 6.11. The van der Waals surface area contributed by atoms with Crippen molar-refractivity contribution in [2.24, 2.45) is 23.7 Å². The molecule has 0 radical (unpaired) electrons. The average Bonchev–Trinajstić information content (AvgIpc) is 2.54. The summed E-state index contributed by atoms with van der Waals surface area (Å²) in [6.07, 6.45) is 0. The van der Waals surface area contributed by atoms with Crippen LogP contribution in [0.25, 0.3) is 0 Å². The predicted octanol–water partition coefficient (Wildman–Crippen LogP) is 5.83. The van der Waals surface area contributed by atoms with Gasteiger partial charge in [-0.05, 0) is 35.8 Å². The highest BCUT2D eigenvalue weighted by Gasteiger charge is 2.20. The maximum absolute atomic E-state index is 6.11. The van der Waals surface area contributed by atoms with Gasteiger partial charge >= 0.3 is 0 Å². The molecule has 0 bridgehead atoms. The van der Waals surface area contributed by atoms with Crippen molar-refractivity contribution in [2.75, 3.05) is 26.4 Å². The molecule has 0 atom stereocenters. The van der Waals surface area contributed by atoms with Crippen LogP contribution in [-0.4, -0.2) is 26.4 Å². The van der Waals surface area contributed by atoms with E-state index in [1.54, 1.807) is 0 Å². The minimum Gasteiger partial charge on any atom is -0.489 e. The van der Waals surface area contributed by atoms with Crippen LogP contribution in [-0.2, 0) is 0 Å². The molecule has 0 aliphatic carbocycles. The molecule has 0 N–H and O–H groups in total. The predicted molar refractivity (Wildman–Crippen MR) is 108 cm³/mol. The minimum absolute atomic E-state index is 0.408. The summed E-state index contributed by atoms with van der Waals surface area (Å²) in [6.45, 7) is 19.5. The molecule has 0 aromatic heterocycles. The molecule has 0 unspecified atom stereocenters. The third-order valence-electron chi connectivity index (χ3n) is 3.31. The lowest BCUT2D eigenvalue weighted by atomic mass is 10.2. The van der Waals surface area contributed by atoms with E-state index < -0.39 is 0 Å². The maximum Gasteiger partial charge on any atom is 0.207 e. The van der Waals surface area contributed by atoms with E-state index in [0.717, 1.165) is 11.5 Å². The Bertz CT molecular complexity index is 474. The molecule has 0 amide bonds.